The van der Waals surface area contributed by atoms with Crippen molar-refractivity contribution in [3.8, 4) is 5.75 Å². The van der Waals surface area contributed by atoms with Crippen molar-refractivity contribution in [2.75, 3.05) is 39.8 Å². The lowest BCUT2D eigenvalue weighted by molar-refractivity contribution is 0.0954. The molecule has 0 aliphatic carbocycles. The number of hydrogen-bond donors (Lipinski definition) is 2. The molecule has 168 valence electrons. The summed E-state index contributed by atoms with van der Waals surface area (Å²) in [7, 11) is 1.69. The summed E-state index contributed by atoms with van der Waals surface area (Å²) in [6, 6.07) is 16.0. The number of hydrogen-bond acceptors (Lipinski definition) is 3. The molecular formula is C24H33IN4O2. The van der Waals surface area contributed by atoms with Crippen LogP contribution in [0.25, 0.3) is 0 Å². The second-order valence-corrected chi connectivity index (χ2v) is 7.57. The van der Waals surface area contributed by atoms with Crippen molar-refractivity contribution < 1.29 is 9.53 Å². The minimum atomic E-state index is -0.0559. The molecule has 2 aromatic rings. The van der Waals surface area contributed by atoms with Crippen molar-refractivity contribution in [3.63, 3.8) is 0 Å². The molecule has 0 radical (unpaired) electrons. The molecule has 31 heavy (non-hydrogen) atoms. The van der Waals surface area contributed by atoms with Crippen LogP contribution >= 0.6 is 24.0 Å². The Morgan fingerprint density at radius 2 is 1.97 bits per heavy atom. The molecule has 0 bridgehead atoms. The number of aliphatic imine (C=N–C) groups is 1. The lowest BCUT2D eigenvalue weighted by atomic mass is 9.98. The third-order valence-corrected chi connectivity index (χ3v) is 5.35. The summed E-state index contributed by atoms with van der Waals surface area (Å²) in [6.07, 6.45) is 1.10. The number of amides is 1. The maximum atomic E-state index is 12.3. The van der Waals surface area contributed by atoms with Crippen LogP contribution in [0.2, 0.25) is 0 Å². The van der Waals surface area contributed by atoms with Crippen LogP contribution in [0, 0.1) is 6.92 Å². The standard InChI is InChI=1S/C24H32N4O2.HI/c1-4-25-24(27-14-13-26-23(29)20-7-5-6-18(2)16-20)28-15-12-21(17-28)19-8-10-22(30-3)11-9-19;/h5-11,16,21H,4,12-15,17H2,1-3H3,(H,25,27)(H,26,29);1H. The van der Waals surface area contributed by atoms with Crippen molar-refractivity contribution in [2.24, 2.45) is 4.99 Å². The number of carbonyl (C=O) groups excluding carboxylic acids is 1. The molecule has 0 saturated carbocycles. The number of benzene rings is 2. The molecule has 1 fully saturated rings. The Bertz CT molecular complexity index is 870. The van der Waals surface area contributed by atoms with Crippen LogP contribution in [0.15, 0.2) is 53.5 Å². The second-order valence-electron chi connectivity index (χ2n) is 7.57. The largest absolute Gasteiger partial charge is 0.497 e. The summed E-state index contributed by atoms with van der Waals surface area (Å²) in [5, 5.41) is 6.34. The average molecular weight is 536 g/mol. The third-order valence-electron chi connectivity index (χ3n) is 5.35. The Labute approximate surface area is 202 Å². The van der Waals surface area contributed by atoms with Gasteiger partial charge in [-0.25, -0.2) is 0 Å². The van der Waals surface area contributed by atoms with Gasteiger partial charge in [-0.3, -0.25) is 9.79 Å². The summed E-state index contributed by atoms with van der Waals surface area (Å²) in [4.78, 5) is 19.3. The predicted octanol–water partition coefficient (Wildman–Crippen LogP) is 3.81. The highest BCUT2D eigenvalue weighted by molar-refractivity contribution is 14.0. The zero-order chi connectivity index (χ0) is 21.3. The summed E-state index contributed by atoms with van der Waals surface area (Å²) in [5.41, 5.74) is 3.10. The number of carbonyl (C=O) groups is 1. The van der Waals surface area contributed by atoms with Gasteiger partial charge in [0.15, 0.2) is 5.96 Å². The number of nitrogens with one attached hydrogen (secondary N) is 2. The smallest absolute Gasteiger partial charge is 0.251 e. The fourth-order valence-electron chi connectivity index (χ4n) is 3.75. The highest BCUT2D eigenvalue weighted by Crippen LogP contribution is 2.28. The second kappa shape index (κ2) is 12.5. The van der Waals surface area contributed by atoms with Crippen LogP contribution in [-0.2, 0) is 0 Å². The maximum Gasteiger partial charge on any atom is 0.251 e. The zero-order valence-corrected chi connectivity index (χ0v) is 20.9. The molecule has 1 saturated heterocycles. The SMILES string of the molecule is CCNC(=NCCNC(=O)c1cccc(C)c1)N1CCC(c2ccc(OC)cc2)C1.I. The van der Waals surface area contributed by atoms with E-state index in [-0.39, 0.29) is 29.9 Å². The number of nitrogens with zero attached hydrogens (tertiary/aromatic N) is 2. The highest BCUT2D eigenvalue weighted by Gasteiger charge is 2.26. The number of likely N-dealkylation sites (tertiary alicyclic amines) is 1. The van der Waals surface area contributed by atoms with Gasteiger partial charge in [-0.2, -0.15) is 0 Å². The molecule has 0 aromatic heterocycles. The van der Waals surface area contributed by atoms with Crippen molar-refractivity contribution in [1.29, 1.82) is 0 Å². The van der Waals surface area contributed by atoms with E-state index >= 15 is 0 Å². The molecule has 3 rings (SSSR count). The van der Waals surface area contributed by atoms with Crippen LogP contribution in [0.3, 0.4) is 0 Å². The molecule has 2 N–H and O–H groups in total. The van der Waals surface area contributed by atoms with Gasteiger partial charge in [-0.05, 0) is 50.1 Å². The molecule has 1 unspecified atom stereocenters. The summed E-state index contributed by atoms with van der Waals surface area (Å²) in [5.74, 6) is 2.23. The number of halogens is 1. The molecule has 1 aliphatic rings. The van der Waals surface area contributed by atoms with Gasteiger partial charge < -0.3 is 20.3 Å². The Kier molecular flexibility index (Phi) is 10.1. The monoisotopic (exact) mass is 536 g/mol. The lowest BCUT2D eigenvalue weighted by Crippen LogP contribution is -2.40. The fraction of sp³-hybridized carbons (Fsp3) is 0.417. The Morgan fingerprint density at radius 1 is 1.19 bits per heavy atom. The van der Waals surface area contributed by atoms with E-state index in [0.717, 1.165) is 43.3 Å². The fourth-order valence-corrected chi connectivity index (χ4v) is 3.75. The van der Waals surface area contributed by atoms with Crippen molar-refractivity contribution in [3.05, 3.63) is 65.2 Å². The van der Waals surface area contributed by atoms with E-state index in [0.29, 0.717) is 24.6 Å². The van der Waals surface area contributed by atoms with Crippen LogP contribution < -0.4 is 15.4 Å². The van der Waals surface area contributed by atoms with Crippen molar-refractivity contribution in [1.82, 2.24) is 15.5 Å². The van der Waals surface area contributed by atoms with Gasteiger partial charge in [-0.15, -0.1) is 24.0 Å². The van der Waals surface area contributed by atoms with Crippen LogP contribution in [-0.4, -0.2) is 56.6 Å². The topological polar surface area (TPSA) is 66.0 Å². The Balaban J connectivity index is 0.00000341. The normalized spacial score (nSPS) is 15.9. The first-order valence-corrected chi connectivity index (χ1v) is 10.6. The van der Waals surface area contributed by atoms with Gasteiger partial charge in [0.2, 0.25) is 0 Å². The van der Waals surface area contributed by atoms with Crippen LogP contribution in [0.5, 0.6) is 5.75 Å². The highest BCUT2D eigenvalue weighted by atomic mass is 127. The molecule has 2 aromatic carbocycles. The van der Waals surface area contributed by atoms with Gasteiger partial charge in [0.05, 0.1) is 13.7 Å². The Morgan fingerprint density at radius 3 is 2.65 bits per heavy atom. The predicted molar refractivity (Wildman–Crippen MR) is 137 cm³/mol. The number of methoxy groups -OCH3 is 1. The molecule has 6 nitrogen and oxygen atoms in total. The molecule has 1 heterocycles. The number of guanidine groups is 1. The molecule has 1 amide bonds. The first kappa shape index (κ1) is 25.0. The van der Waals surface area contributed by atoms with Crippen molar-refractivity contribution in [2.45, 2.75) is 26.2 Å². The molecule has 7 heteroatoms. The zero-order valence-electron chi connectivity index (χ0n) is 18.6. The molecule has 0 spiro atoms. The maximum absolute atomic E-state index is 12.3. The molecule has 1 aliphatic heterocycles. The van der Waals surface area contributed by atoms with E-state index in [2.05, 4.69) is 34.6 Å². The first-order valence-electron chi connectivity index (χ1n) is 10.6. The van der Waals surface area contributed by atoms with E-state index < -0.39 is 0 Å². The van der Waals surface area contributed by atoms with E-state index in [1.54, 1.807) is 7.11 Å². The van der Waals surface area contributed by atoms with Crippen molar-refractivity contribution >= 4 is 35.8 Å². The lowest BCUT2D eigenvalue weighted by Gasteiger charge is -2.22. The van der Waals surface area contributed by atoms with Gasteiger partial charge in [-0.1, -0.05) is 29.8 Å². The van der Waals surface area contributed by atoms with E-state index in [4.69, 9.17) is 9.73 Å². The van der Waals surface area contributed by atoms with E-state index in [1.165, 1.54) is 5.56 Å². The van der Waals surface area contributed by atoms with E-state index in [1.807, 2.05) is 43.3 Å². The summed E-state index contributed by atoms with van der Waals surface area (Å²) < 4.78 is 5.26. The minimum absolute atomic E-state index is 0. The third kappa shape index (κ3) is 7.12. The first-order chi connectivity index (χ1) is 14.6. The van der Waals surface area contributed by atoms with Gasteiger partial charge >= 0.3 is 0 Å². The number of aryl methyl sites for hydroxylation is 1. The number of ether oxygens (including phenoxy) is 1. The number of rotatable bonds is 7. The van der Waals surface area contributed by atoms with Gasteiger partial charge in [0.1, 0.15) is 5.75 Å². The quantitative estimate of drug-likeness (QED) is 0.245. The summed E-state index contributed by atoms with van der Waals surface area (Å²) >= 11 is 0. The van der Waals surface area contributed by atoms with Gasteiger partial charge in [0.25, 0.3) is 5.91 Å². The Hall–Kier alpha value is -2.29. The average Bonchev–Trinajstić information content (AvgIpc) is 3.26. The van der Waals surface area contributed by atoms with Crippen LogP contribution in [0.4, 0.5) is 0 Å². The minimum Gasteiger partial charge on any atom is -0.497 e. The summed E-state index contributed by atoms with van der Waals surface area (Å²) in [6.45, 7) is 7.84. The molecule has 1 atom stereocenters. The molecular weight excluding hydrogens is 503 g/mol. The van der Waals surface area contributed by atoms with Gasteiger partial charge in [0, 0.05) is 37.7 Å². The van der Waals surface area contributed by atoms with E-state index in [9.17, 15) is 4.79 Å². The van der Waals surface area contributed by atoms with Crippen LogP contribution in [0.1, 0.15) is 40.7 Å².